The Kier molecular flexibility index (Phi) is 4.55. The van der Waals surface area contributed by atoms with Crippen LogP contribution in [0.2, 0.25) is 10.0 Å². The summed E-state index contributed by atoms with van der Waals surface area (Å²) in [6.07, 6.45) is 0. The highest BCUT2D eigenvalue weighted by molar-refractivity contribution is 9.10. The fraction of sp³-hybridized carbons (Fsp3) is 0.154. The SMILES string of the molecule is Cc1ccc(O)c(CNc2ccc(Br)c(Cl)c2Cl)n1. The highest BCUT2D eigenvalue weighted by Gasteiger charge is 2.09. The maximum absolute atomic E-state index is 9.71. The van der Waals surface area contributed by atoms with Gasteiger partial charge in [-0.1, -0.05) is 23.2 Å². The molecule has 0 saturated carbocycles. The fourth-order valence-electron chi connectivity index (χ4n) is 1.57. The summed E-state index contributed by atoms with van der Waals surface area (Å²) in [6.45, 7) is 2.23. The number of anilines is 1. The Bertz CT molecular complexity index is 620. The van der Waals surface area contributed by atoms with Gasteiger partial charge in [0.1, 0.15) is 11.4 Å². The number of rotatable bonds is 3. The average molecular weight is 362 g/mol. The van der Waals surface area contributed by atoms with Crippen LogP contribution in [0.15, 0.2) is 28.7 Å². The molecule has 0 bridgehead atoms. The summed E-state index contributed by atoms with van der Waals surface area (Å²) >= 11 is 15.5. The van der Waals surface area contributed by atoms with E-state index in [1.807, 2.05) is 13.0 Å². The topological polar surface area (TPSA) is 45.1 Å². The number of aromatic hydroxyl groups is 1. The summed E-state index contributed by atoms with van der Waals surface area (Å²) in [4.78, 5) is 4.26. The van der Waals surface area contributed by atoms with Crippen LogP contribution in [0, 0.1) is 6.92 Å². The average Bonchev–Trinajstić information content (AvgIpc) is 2.39. The van der Waals surface area contributed by atoms with Gasteiger partial charge in [0.25, 0.3) is 0 Å². The first-order valence-corrected chi connectivity index (χ1v) is 7.07. The first-order chi connectivity index (χ1) is 8.99. The van der Waals surface area contributed by atoms with E-state index in [-0.39, 0.29) is 5.75 Å². The van der Waals surface area contributed by atoms with Gasteiger partial charge in [0.2, 0.25) is 0 Å². The van der Waals surface area contributed by atoms with Gasteiger partial charge in [-0.25, -0.2) is 0 Å². The molecule has 2 aromatic rings. The monoisotopic (exact) mass is 360 g/mol. The van der Waals surface area contributed by atoms with Crippen LogP contribution < -0.4 is 5.32 Å². The molecular formula is C13H11BrCl2N2O. The lowest BCUT2D eigenvalue weighted by Gasteiger charge is -2.11. The quantitative estimate of drug-likeness (QED) is 0.773. The van der Waals surface area contributed by atoms with E-state index in [0.29, 0.717) is 28.0 Å². The predicted octanol–water partition coefficient (Wildman–Crippen LogP) is 4.78. The highest BCUT2D eigenvalue weighted by Crippen LogP contribution is 2.36. The third kappa shape index (κ3) is 3.32. The maximum Gasteiger partial charge on any atom is 0.138 e. The molecule has 1 aromatic carbocycles. The number of aryl methyl sites for hydroxylation is 1. The van der Waals surface area contributed by atoms with Crippen LogP contribution in [0.5, 0.6) is 5.75 Å². The van der Waals surface area contributed by atoms with Gasteiger partial charge in [0.15, 0.2) is 0 Å². The van der Waals surface area contributed by atoms with Gasteiger partial charge in [-0.3, -0.25) is 4.98 Å². The molecule has 19 heavy (non-hydrogen) atoms. The van der Waals surface area contributed by atoms with Gasteiger partial charge < -0.3 is 10.4 Å². The third-order valence-electron chi connectivity index (χ3n) is 2.57. The molecule has 0 saturated heterocycles. The van der Waals surface area contributed by atoms with E-state index < -0.39 is 0 Å². The molecule has 6 heteroatoms. The minimum absolute atomic E-state index is 0.150. The number of halogens is 3. The molecule has 0 aliphatic rings. The van der Waals surface area contributed by atoms with Crippen molar-refractivity contribution in [1.29, 1.82) is 0 Å². The molecule has 100 valence electrons. The molecule has 1 aromatic heterocycles. The number of hydrogen-bond donors (Lipinski definition) is 2. The van der Waals surface area contributed by atoms with Crippen LogP contribution in [-0.4, -0.2) is 10.1 Å². The lowest BCUT2D eigenvalue weighted by Crippen LogP contribution is -2.03. The van der Waals surface area contributed by atoms with Crippen LogP contribution in [0.1, 0.15) is 11.4 Å². The van der Waals surface area contributed by atoms with E-state index >= 15 is 0 Å². The van der Waals surface area contributed by atoms with E-state index in [1.165, 1.54) is 0 Å². The first kappa shape index (κ1) is 14.4. The number of aromatic nitrogens is 1. The van der Waals surface area contributed by atoms with Crippen molar-refractivity contribution in [3.8, 4) is 5.75 Å². The predicted molar refractivity (Wildman–Crippen MR) is 82.1 cm³/mol. The van der Waals surface area contributed by atoms with Crippen molar-refractivity contribution in [3.05, 3.63) is 50.2 Å². The zero-order valence-electron chi connectivity index (χ0n) is 10.0. The van der Waals surface area contributed by atoms with Crippen molar-refractivity contribution in [2.24, 2.45) is 0 Å². The highest BCUT2D eigenvalue weighted by atomic mass is 79.9. The minimum Gasteiger partial charge on any atom is -0.506 e. The summed E-state index contributed by atoms with van der Waals surface area (Å²) in [7, 11) is 0. The van der Waals surface area contributed by atoms with Crippen molar-refractivity contribution in [1.82, 2.24) is 4.98 Å². The fourth-order valence-corrected chi connectivity index (χ4v) is 2.42. The van der Waals surface area contributed by atoms with Gasteiger partial charge >= 0.3 is 0 Å². The van der Waals surface area contributed by atoms with Crippen LogP contribution in [0.3, 0.4) is 0 Å². The number of nitrogens with zero attached hydrogens (tertiary/aromatic N) is 1. The van der Waals surface area contributed by atoms with E-state index in [1.54, 1.807) is 18.2 Å². The lowest BCUT2D eigenvalue weighted by molar-refractivity contribution is 0.464. The molecule has 2 rings (SSSR count). The Labute approximate surface area is 129 Å². The van der Waals surface area contributed by atoms with E-state index in [9.17, 15) is 5.11 Å². The largest absolute Gasteiger partial charge is 0.506 e. The van der Waals surface area contributed by atoms with Crippen LogP contribution >= 0.6 is 39.1 Å². The van der Waals surface area contributed by atoms with Crippen molar-refractivity contribution in [2.75, 3.05) is 5.32 Å². The van der Waals surface area contributed by atoms with Gasteiger partial charge in [-0.2, -0.15) is 0 Å². The molecule has 0 atom stereocenters. The zero-order valence-corrected chi connectivity index (χ0v) is 13.1. The summed E-state index contributed by atoms with van der Waals surface area (Å²) in [6, 6.07) is 6.99. The molecule has 0 amide bonds. The smallest absolute Gasteiger partial charge is 0.138 e. The van der Waals surface area contributed by atoms with Crippen LogP contribution in [-0.2, 0) is 6.54 Å². The molecule has 0 radical (unpaired) electrons. The molecule has 1 heterocycles. The van der Waals surface area contributed by atoms with Crippen molar-refractivity contribution in [3.63, 3.8) is 0 Å². The number of nitrogens with one attached hydrogen (secondary N) is 1. The molecule has 3 nitrogen and oxygen atoms in total. The van der Waals surface area contributed by atoms with E-state index in [4.69, 9.17) is 23.2 Å². The molecule has 0 spiro atoms. The third-order valence-corrected chi connectivity index (χ3v) is 4.34. The Morgan fingerprint density at radius 2 is 1.95 bits per heavy atom. The Hall–Kier alpha value is -0.970. The standard InChI is InChI=1S/C13H11BrCl2N2O/c1-7-2-5-11(19)10(18-7)6-17-9-4-3-8(14)12(15)13(9)16/h2-5,17,19H,6H2,1H3. The number of benzene rings is 1. The van der Waals surface area contributed by atoms with E-state index in [2.05, 4.69) is 26.2 Å². The summed E-state index contributed by atoms with van der Waals surface area (Å²) in [5.74, 6) is 0.150. The van der Waals surface area contributed by atoms with Gasteiger partial charge in [0.05, 0.1) is 22.3 Å². The lowest BCUT2D eigenvalue weighted by atomic mass is 10.2. The second kappa shape index (κ2) is 5.99. The molecule has 0 aliphatic heterocycles. The van der Waals surface area contributed by atoms with Gasteiger partial charge in [-0.05, 0) is 47.1 Å². The minimum atomic E-state index is 0.150. The van der Waals surface area contributed by atoms with Crippen LogP contribution in [0.25, 0.3) is 0 Å². The molecule has 0 fully saturated rings. The summed E-state index contributed by atoms with van der Waals surface area (Å²) in [5, 5.41) is 13.7. The summed E-state index contributed by atoms with van der Waals surface area (Å²) in [5.41, 5.74) is 2.10. The Balaban J connectivity index is 2.19. The normalized spacial score (nSPS) is 10.5. The Morgan fingerprint density at radius 3 is 2.68 bits per heavy atom. The Morgan fingerprint density at radius 1 is 1.21 bits per heavy atom. The molecule has 0 unspecified atom stereocenters. The summed E-state index contributed by atoms with van der Waals surface area (Å²) < 4.78 is 0.737. The molecular weight excluding hydrogens is 351 g/mol. The second-order valence-corrected chi connectivity index (χ2v) is 5.61. The van der Waals surface area contributed by atoms with Crippen molar-refractivity contribution >= 4 is 44.8 Å². The van der Waals surface area contributed by atoms with Gasteiger partial charge in [0, 0.05) is 10.2 Å². The first-order valence-electron chi connectivity index (χ1n) is 5.52. The molecule has 0 aliphatic carbocycles. The number of pyridine rings is 1. The van der Waals surface area contributed by atoms with Crippen molar-refractivity contribution in [2.45, 2.75) is 13.5 Å². The zero-order chi connectivity index (χ0) is 14.0. The van der Waals surface area contributed by atoms with Gasteiger partial charge in [-0.15, -0.1) is 0 Å². The van der Waals surface area contributed by atoms with E-state index in [0.717, 1.165) is 10.2 Å². The molecule has 2 N–H and O–H groups in total. The van der Waals surface area contributed by atoms with Crippen LogP contribution in [0.4, 0.5) is 5.69 Å². The second-order valence-electron chi connectivity index (χ2n) is 3.99. The number of hydrogen-bond acceptors (Lipinski definition) is 3. The maximum atomic E-state index is 9.71. The van der Waals surface area contributed by atoms with Crippen molar-refractivity contribution < 1.29 is 5.11 Å².